The van der Waals surface area contributed by atoms with Crippen molar-refractivity contribution < 1.29 is 38.1 Å². The maximum absolute atomic E-state index is 12.7. The zero-order chi connectivity index (χ0) is 39.2. The maximum atomic E-state index is 12.7. The highest BCUT2D eigenvalue weighted by atomic mass is 16.5. The Bertz CT molecular complexity index is 817. The van der Waals surface area contributed by atoms with Crippen LogP contribution in [0.4, 0.5) is 0 Å². The fourth-order valence-corrected chi connectivity index (χ4v) is 6.23. The van der Waals surface area contributed by atoms with Crippen LogP contribution in [0.3, 0.4) is 0 Å². The van der Waals surface area contributed by atoms with Gasteiger partial charge >= 0.3 is 17.9 Å². The molecule has 9 heteroatoms. The summed E-state index contributed by atoms with van der Waals surface area (Å²) >= 11 is 0. The second-order valence-electron chi connectivity index (χ2n) is 14.6. The molecule has 0 fully saturated rings. The second kappa shape index (κ2) is 38.2. The highest BCUT2D eigenvalue weighted by Gasteiger charge is 2.20. The van der Waals surface area contributed by atoms with Crippen LogP contribution in [-0.4, -0.2) is 82.1 Å². The van der Waals surface area contributed by atoms with Crippen LogP contribution in [0.1, 0.15) is 182 Å². The van der Waals surface area contributed by atoms with Gasteiger partial charge in [-0.15, -0.1) is 0 Å². The van der Waals surface area contributed by atoms with E-state index in [1.54, 1.807) is 0 Å². The molecule has 0 bridgehead atoms. The van der Waals surface area contributed by atoms with Gasteiger partial charge in [-0.25, -0.2) is 0 Å². The molecule has 2 unspecified atom stereocenters. The lowest BCUT2D eigenvalue weighted by Gasteiger charge is -2.22. The molecule has 0 N–H and O–H groups in total. The number of nitrogens with zero attached hydrogens (tertiary/aromatic N) is 1. The summed E-state index contributed by atoms with van der Waals surface area (Å²) < 4.78 is 28.2. The third kappa shape index (κ3) is 31.9. The summed E-state index contributed by atoms with van der Waals surface area (Å²) in [6.07, 6.45) is 22.1. The van der Waals surface area contributed by atoms with Crippen LogP contribution < -0.4 is 0 Å². The molecule has 0 aliphatic heterocycles. The van der Waals surface area contributed by atoms with Gasteiger partial charge in [-0.1, -0.05) is 111 Å². The highest BCUT2D eigenvalue weighted by Crippen LogP contribution is 2.20. The fourth-order valence-electron chi connectivity index (χ4n) is 6.23. The minimum atomic E-state index is -0.215. The number of carbonyl (C=O) groups excluding carboxylic acids is 3. The van der Waals surface area contributed by atoms with Gasteiger partial charge < -0.3 is 28.6 Å². The SMILES string of the molecule is C=C(CCN(CCCOCC)CCC(=O)OCCCCOC(=O)C(CCCC)CCCCCC)OCCCCOC(=O)C(CCCC)CCCCCC. The minimum Gasteiger partial charge on any atom is -0.499 e. The van der Waals surface area contributed by atoms with Crippen molar-refractivity contribution in [1.29, 1.82) is 0 Å². The van der Waals surface area contributed by atoms with Crippen LogP contribution in [0.15, 0.2) is 12.3 Å². The molecule has 0 saturated heterocycles. The van der Waals surface area contributed by atoms with E-state index in [0.717, 1.165) is 102 Å². The average molecular weight is 754 g/mol. The predicted molar refractivity (Wildman–Crippen MR) is 217 cm³/mol. The Labute approximate surface area is 326 Å². The second-order valence-corrected chi connectivity index (χ2v) is 14.6. The van der Waals surface area contributed by atoms with E-state index in [1.165, 1.54) is 38.5 Å². The fraction of sp³-hybridized carbons (Fsp3) is 0.886. The topological polar surface area (TPSA) is 101 Å². The molecule has 2 atom stereocenters. The van der Waals surface area contributed by atoms with Gasteiger partial charge in [0, 0.05) is 39.3 Å². The predicted octanol–water partition coefficient (Wildman–Crippen LogP) is 10.8. The summed E-state index contributed by atoms with van der Waals surface area (Å²) in [7, 11) is 0. The van der Waals surface area contributed by atoms with E-state index >= 15 is 0 Å². The molecule has 0 aliphatic carbocycles. The third-order valence-electron chi connectivity index (χ3n) is 9.73. The molecule has 0 aromatic carbocycles. The molecule has 312 valence electrons. The molecule has 0 aromatic rings. The first-order valence-corrected chi connectivity index (χ1v) is 21.9. The van der Waals surface area contributed by atoms with Crippen LogP contribution in [0.5, 0.6) is 0 Å². The van der Waals surface area contributed by atoms with Gasteiger partial charge in [0.25, 0.3) is 0 Å². The smallest absolute Gasteiger partial charge is 0.308 e. The molecule has 0 rings (SSSR count). The molecule has 0 saturated carbocycles. The van der Waals surface area contributed by atoms with Crippen molar-refractivity contribution in [3.05, 3.63) is 12.3 Å². The molecule has 9 nitrogen and oxygen atoms in total. The monoisotopic (exact) mass is 754 g/mol. The number of carbonyl (C=O) groups is 3. The molecule has 0 aromatic heterocycles. The van der Waals surface area contributed by atoms with Crippen molar-refractivity contribution in [1.82, 2.24) is 4.90 Å². The minimum absolute atomic E-state index is 0.00543. The van der Waals surface area contributed by atoms with Crippen molar-refractivity contribution in [3.63, 3.8) is 0 Å². The molecule has 0 aliphatic rings. The Hall–Kier alpha value is -2.13. The molecule has 0 heterocycles. The lowest BCUT2D eigenvalue weighted by Crippen LogP contribution is -2.30. The van der Waals surface area contributed by atoms with Crippen LogP contribution in [0, 0.1) is 11.8 Å². The summed E-state index contributed by atoms with van der Waals surface area (Å²) in [6, 6.07) is 0. The normalized spacial score (nSPS) is 12.4. The lowest BCUT2D eigenvalue weighted by molar-refractivity contribution is -0.150. The van der Waals surface area contributed by atoms with Gasteiger partial charge in [0.15, 0.2) is 0 Å². The van der Waals surface area contributed by atoms with E-state index < -0.39 is 0 Å². The number of esters is 3. The van der Waals surface area contributed by atoms with Gasteiger partial charge in [-0.2, -0.15) is 0 Å². The van der Waals surface area contributed by atoms with E-state index in [9.17, 15) is 14.4 Å². The molecule has 0 radical (unpaired) electrons. The number of hydrogen-bond donors (Lipinski definition) is 0. The summed E-state index contributed by atoms with van der Waals surface area (Å²) in [5.74, 6) is 0.438. The Morgan fingerprint density at radius 3 is 1.42 bits per heavy atom. The van der Waals surface area contributed by atoms with Crippen LogP contribution >= 0.6 is 0 Å². The third-order valence-corrected chi connectivity index (χ3v) is 9.73. The number of rotatable bonds is 40. The van der Waals surface area contributed by atoms with E-state index in [-0.39, 0.29) is 29.7 Å². The Morgan fingerprint density at radius 1 is 0.472 bits per heavy atom. The summed E-state index contributed by atoms with van der Waals surface area (Å²) in [4.78, 5) is 40.1. The first kappa shape index (κ1) is 50.9. The van der Waals surface area contributed by atoms with Crippen molar-refractivity contribution in [2.24, 2.45) is 11.8 Å². The Balaban J connectivity index is 4.37. The van der Waals surface area contributed by atoms with Crippen molar-refractivity contribution in [2.75, 3.05) is 59.3 Å². The van der Waals surface area contributed by atoms with E-state index in [4.69, 9.17) is 23.7 Å². The summed E-state index contributed by atoms with van der Waals surface area (Å²) in [6.45, 7) is 20.0. The van der Waals surface area contributed by atoms with Crippen molar-refractivity contribution >= 4 is 17.9 Å². The first-order chi connectivity index (χ1) is 25.8. The zero-order valence-corrected chi connectivity index (χ0v) is 35.2. The van der Waals surface area contributed by atoms with Crippen molar-refractivity contribution in [2.45, 2.75) is 182 Å². The van der Waals surface area contributed by atoms with Gasteiger partial charge in [-0.05, 0) is 64.7 Å². The lowest BCUT2D eigenvalue weighted by atomic mass is 9.95. The van der Waals surface area contributed by atoms with E-state index in [2.05, 4.69) is 39.2 Å². The zero-order valence-electron chi connectivity index (χ0n) is 35.2. The molecular formula is C44H83NO8. The largest absolute Gasteiger partial charge is 0.499 e. The highest BCUT2D eigenvalue weighted by molar-refractivity contribution is 5.72. The van der Waals surface area contributed by atoms with Gasteiger partial charge in [0.2, 0.25) is 0 Å². The van der Waals surface area contributed by atoms with Crippen LogP contribution in [-0.2, 0) is 38.1 Å². The van der Waals surface area contributed by atoms with Gasteiger partial charge in [0.05, 0.1) is 50.4 Å². The molecule has 53 heavy (non-hydrogen) atoms. The van der Waals surface area contributed by atoms with Gasteiger partial charge in [0.1, 0.15) is 0 Å². The van der Waals surface area contributed by atoms with Crippen LogP contribution in [0.25, 0.3) is 0 Å². The number of hydrogen-bond acceptors (Lipinski definition) is 9. The standard InChI is InChI=1S/C44H83NO8/c1-7-12-16-18-27-40(25-14-9-3)43(47)52-37-22-20-35-50-39(6)29-32-45(31-24-34-49-11-5)33-30-42(46)51-36-21-23-38-53-44(48)41(26-15-10-4)28-19-17-13-8-2/h40-41H,6-38H2,1-5H3. The average Bonchev–Trinajstić information content (AvgIpc) is 3.15. The van der Waals surface area contributed by atoms with Crippen LogP contribution in [0.2, 0.25) is 0 Å². The number of ether oxygens (including phenoxy) is 5. The van der Waals surface area contributed by atoms with E-state index in [1.807, 2.05) is 6.92 Å². The Kier molecular flexibility index (Phi) is 36.6. The summed E-state index contributed by atoms with van der Waals surface area (Å²) in [5, 5.41) is 0. The van der Waals surface area contributed by atoms with E-state index in [0.29, 0.717) is 71.9 Å². The summed E-state index contributed by atoms with van der Waals surface area (Å²) in [5.41, 5.74) is 0. The Morgan fingerprint density at radius 2 is 0.925 bits per heavy atom. The number of unbranched alkanes of at least 4 members (excludes halogenated alkanes) is 10. The molecule has 0 amide bonds. The molecule has 0 spiro atoms. The van der Waals surface area contributed by atoms with Gasteiger partial charge in [-0.3, -0.25) is 14.4 Å². The van der Waals surface area contributed by atoms with Crippen molar-refractivity contribution in [3.8, 4) is 0 Å². The maximum Gasteiger partial charge on any atom is 0.308 e. The first-order valence-electron chi connectivity index (χ1n) is 21.9. The quantitative estimate of drug-likeness (QED) is 0.0262. The molecular weight excluding hydrogens is 670 g/mol.